The number of methoxy groups -OCH3 is 1. The van der Waals surface area contributed by atoms with E-state index in [-0.39, 0.29) is 11.6 Å². The lowest BCUT2D eigenvalue weighted by Crippen LogP contribution is -2.49. The number of non-ortho nitro benzene ring substituents is 1. The van der Waals surface area contributed by atoms with E-state index in [1.807, 2.05) is 24.3 Å². The molecule has 0 atom stereocenters. The van der Waals surface area contributed by atoms with Gasteiger partial charge >= 0.3 is 0 Å². The van der Waals surface area contributed by atoms with E-state index in [0.717, 1.165) is 43.1 Å². The Labute approximate surface area is 188 Å². The standard InChI is InChI=1S/C24H30N4O4/c1-18-9-11-25(12-10-18)21-8-7-19(28(30)31)17-20(21)24(29)27-15-13-26(14-16-27)22-5-3-4-6-23(22)32-2/h3-8,17-18H,9-16H2,1-2H3. The van der Waals surface area contributed by atoms with E-state index in [0.29, 0.717) is 37.7 Å². The quantitative estimate of drug-likeness (QED) is 0.522. The number of hydrogen-bond acceptors (Lipinski definition) is 6. The molecule has 0 aliphatic carbocycles. The van der Waals surface area contributed by atoms with Gasteiger partial charge in [0.15, 0.2) is 0 Å². The molecule has 0 N–H and O–H groups in total. The van der Waals surface area contributed by atoms with E-state index in [9.17, 15) is 14.9 Å². The molecule has 0 aromatic heterocycles. The number of nitro benzene ring substituents is 1. The molecular weight excluding hydrogens is 408 g/mol. The van der Waals surface area contributed by atoms with Crippen molar-refractivity contribution in [1.29, 1.82) is 0 Å². The Bertz CT molecular complexity index is 980. The molecular formula is C24H30N4O4. The Morgan fingerprint density at radius 1 is 0.969 bits per heavy atom. The van der Waals surface area contributed by atoms with Gasteiger partial charge in [0.25, 0.3) is 11.6 Å². The predicted octanol–water partition coefficient (Wildman–Crippen LogP) is 3.80. The zero-order valence-corrected chi connectivity index (χ0v) is 18.7. The Morgan fingerprint density at radius 3 is 2.28 bits per heavy atom. The van der Waals surface area contributed by atoms with Gasteiger partial charge in [0, 0.05) is 51.4 Å². The van der Waals surface area contributed by atoms with Gasteiger partial charge in [0.05, 0.1) is 29.0 Å². The van der Waals surface area contributed by atoms with Crippen LogP contribution in [0.15, 0.2) is 42.5 Å². The largest absolute Gasteiger partial charge is 0.495 e. The molecule has 1 amide bonds. The lowest BCUT2D eigenvalue weighted by atomic mass is 9.97. The number of carbonyl (C=O) groups excluding carboxylic acids is 1. The van der Waals surface area contributed by atoms with Gasteiger partial charge in [-0.1, -0.05) is 19.1 Å². The summed E-state index contributed by atoms with van der Waals surface area (Å²) in [5.74, 6) is 1.33. The van der Waals surface area contributed by atoms with Crippen molar-refractivity contribution >= 4 is 23.0 Å². The Morgan fingerprint density at radius 2 is 1.62 bits per heavy atom. The Balaban J connectivity index is 1.53. The number of rotatable bonds is 5. The second-order valence-corrected chi connectivity index (χ2v) is 8.58. The van der Waals surface area contributed by atoms with Crippen molar-refractivity contribution in [3.05, 3.63) is 58.1 Å². The summed E-state index contributed by atoms with van der Waals surface area (Å²) >= 11 is 0. The van der Waals surface area contributed by atoms with Crippen LogP contribution in [0.5, 0.6) is 5.75 Å². The molecule has 4 rings (SSSR count). The van der Waals surface area contributed by atoms with E-state index in [2.05, 4.69) is 16.7 Å². The van der Waals surface area contributed by atoms with Crippen molar-refractivity contribution in [2.45, 2.75) is 19.8 Å². The van der Waals surface area contributed by atoms with Crippen LogP contribution < -0.4 is 14.5 Å². The molecule has 8 heteroatoms. The minimum atomic E-state index is -0.432. The number of piperidine rings is 1. The number of benzene rings is 2. The Hall–Kier alpha value is -3.29. The molecule has 2 fully saturated rings. The van der Waals surface area contributed by atoms with E-state index in [1.165, 1.54) is 12.1 Å². The van der Waals surface area contributed by atoms with Crippen molar-refractivity contribution in [1.82, 2.24) is 4.90 Å². The first-order chi connectivity index (χ1) is 15.5. The molecule has 32 heavy (non-hydrogen) atoms. The molecule has 0 unspecified atom stereocenters. The van der Waals surface area contributed by atoms with Gasteiger partial charge in [-0.2, -0.15) is 0 Å². The molecule has 0 spiro atoms. The highest BCUT2D eigenvalue weighted by Crippen LogP contribution is 2.32. The molecule has 2 aromatic rings. The van der Waals surface area contributed by atoms with Crippen molar-refractivity contribution in [2.24, 2.45) is 5.92 Å². The van der Waals surface area contributed by atoms with Gasteiger partial charge in [-0.25, -0.2) is 0 Å². The third kappa shape index (κ3) is 4.49. The van der Waals surface area contributed by atoms with Gasteiger partial charge in [0.2, 0.25) is 0 Å². The summed E-state index contributed by atoms with van der Waals surface area (Å²) in [4.78, 5) is 30.7. The number of piperazine rings is 1. The minimum Gasteiger partial charge on any atom is -0.495 e. The summed E-state index contributed by atoms with van der Waals surface area (Å²) in [5, 5.41) is 11.4. The number of ether oxygens (including phenoxy) is 1. The van der Waals surface area contributed by atoms with Crippen LogP contribution >= 0.6 is 0 Å². The molecule has 2 aromatic carbocycles. The highest BCUT2D eigenvalue weighted by atomic mass is 16.6. The van der Waals surface area contributed by atoms with Gasteiger partial charge in [-0.15, -0.1) is 0 Å². The third-order valence-corrected chi connectivity index (χ3v) is 6.54. The van der Waals surface area contributed by atoms with Crippen molar-refractivity contribution < 1.29 is 14.5 Å². The molecule has 0 saturated carbocycles. The van der Waals surface area contributed by atoms with Crippen molar-refractivity contribution in [3.63, 3.8) is 0 Å². The zero-order chi connectivity index (χ0) is 22.7. The predicted molar refractivity (Wildman–Crippen MR) is 125 cm³/mol. The maximum Gasteiger partial charge on any atom is 0.270 e. The number of nitro groups is 1. The smallest absolute Gasteiger partial charge is 0.270 e. The third-order valence-electron chi connectivity index (χ3n) is 6.54. The summed E-state index contributed by atoms with van der Waals surface area (Å²) in [5.41, 5.74) is 2.20. The van der Waals surface area contributed by atoms with Crippen molar-refractivity contribution in [2.75, 3.05) is 56.2 Å². The fourth-order valence-electron chi connectivity index (χ4n) is 4.55. The summed E-state index contributed by atoms with van der Waals surface area (Å²) < 4.78 is 5.48. The topological polar surface area (TPSA) is 79.2 Å². The molecule has 170 valence electrons. The molecule has 8 nitrogen and oxygen atoms in total. The van der Waals surface area contributed by atoms with Gasteiger partial charge in [-0.05, 0) is 37.0 Å². The summed E-state index contributed by atoms with van der Waals surface area (Å²) in [6, 6.07) is 12.6. The fraction of sp³-hybridized carbons (Fsp3) is 0.458. The minimum absolute atomic E-state index is 0.0462. The number of anilines is 2. The monoisotopic (exact) mass is 438 g/mol. The van der Waals surface area contributed by atoms with Gasteiger partial charge in [0.1, 0.15) is 5.75 Å². The van der Waals surface area contributed by atoms with Crippen LogP contribution in [-0.2, 0) is 0 Å². The van der Waals surface area contributed by atoms with Crippen LogP contribution in [0.2, 0.25) is 0 Å². The zero-order valence-electron chi connectivity index (χ0n) is 18.7. The number of nitrogens with zero attached hydrogens (tertiary/aromatic N) is 4. The second kappa shape index (κ2) is 9.46. The van der Waals surface area contributed by atoms with Crippen LogP contribution in [0.25, 0.3) is 0 Å². The SMILES string of the molecule is COc1ccccc1N1CCN(C(=O)c2cc([N+](=O)[O-])ccc2N2CCC(C)CC2)CC1. The number of hydrogen-bond donors (Lipinski definition) is 0. The normalized spacial score (nSPS) is 17.4. The highest BCUT2D eigenvalue weighted by Gasteiger charge is 2.29. The number of carbonyl (C=O) groups is 1. The molecule has 2 saturated heterocycles. The van der Waals surface area contributed by atoms with Crippen LogP contribution in [0.3, 0.4) is 0 Å². The van der Waals surface area contributed by atoms with Gasteiger partial charge in [-0.3, -0.25) is 14.9 Å². The maximum atomic E-state index is 13.5. The first kappa shape index (κ1) is 21.9. The number of amides is 1. The lowest BCUT2D eigenvalue weighted by molar-refractivity contribution is -0.384. The molecule has 0 bridgehead atoms. The Kier molecular flexibility index (Phi) is 6.48. The van der Waals surface area contributed by atoms with Crippen LogP contribution in [0, 0.1) is 16.0 Å². The van der Waals surface area contributed by atoms with Gasteiger partial charge < -0.3 is 19.4 Å². The van der Waals surface area contributed by atoms with E-state index < -0.39 is 4.92 Å². The number of para-hydroxylation sites is 2. The van der Waals surface area contributed by atoms with Crippen LogP contribution in [-0.4, -0.2) is 62.1 Å². The van der Waals surface area contributed by atoms with Crippen LogP contribution in [0.4, 0.5) is 17.1 Å². The van der Waals surface area contributed by atoms with E-state index >= 15 is 0 Å². The molecule has 0 radical (unpaired) electrons. The maximum absolute atomic E-state index is 13.5. The average molecular weight is 439 g/mol. The average Bonchev–Trinajstić information content (AvgIpc) is 2.84. The lowest BCUT2D eigenvalue weighted by Gasteiger charge is -2.38. The highest BCUT2D eigenvalue weighted by molar-refractivity contribution is 6.00. The first-order valence-electron chi connectivity index (χ1n) is 11.2. The first-order valence-corrected chi connectivity index (χ1v) is 11.2. The van der Waals surface area contributed by atoms with Crippen molar-refractivity contribution in [3.8, 4) is 5.75 Å². The summed E-state index contributed by atoms with van der Waals surface area (Å²) in [6.45, 7) is 6.42. The van der Waals surface area contributed by atoms with Crippen LogP contribution in [0.1, 0.15) is 30.1 Å². The van der Waals surface area contributed by atoms with E-state index in [1.54, 1.807) is 18.1 Å². The fourth-order valence-corrected chi connectivity index (χ4v) is 4.55. The summed E-state index contributed by atoms with van der Waals surface area (Å²) in [7, 11) is 1.66. The molecule has 2 aliphatic heterocycles. The molecule has 2 heterocycles. The second-order valence-electron chi connectivity index (χ2n) is 8.58. The molecule has 2 aliphatic rings. The van der Waals surface area contributed by atoms with E-state index in [4.69, 9.17) is 4.74 Å². The summed E-state index contributed by atoms with van der Waals surface area (Å²) in [6.07, 6.45) is 2.12.